The van der Waals surface area contributed by atoms with Crippen LogP contribution in [0, 0.1) is 0 Å². The highest BCUT2D eigenvalue weighted by Crippen LogP contribution is 2.31. The number of nitrogens with zero attached hydrogens (tertiary/aromatic N) is 2. The van der Waals surface area contributed by atoms with Gasteiger partial charge in [0.25, 0.3) is 0 Å². The number of benzene rings is 1. The Hall–Kier alpha value is -2.80. The van der Waals surface area contributed by atoms with Crippen molar-refractivity contribution in [3.8, 4) is 5.75 Å². The van der Waals surface area contributed by atoms with Gasteiger partial charge in [-0.15, -0.1) is 0 Å². The smallest absolute Gasteiger partial charge is 0.356 e. The zero-order valence-electron chi connectivity index (χ0n) is 15.7. The zero-order valence-corrected chi connectivity index (χ0v) is 15.7. The van der Waals surface area contributed by atoms with Gasteiger partial charge in [-0.3, -0.25) is 10.00 Å². The van der Waals surface area contributed by atoms with Crippen LogP contribution < -0.4 is 4.74 Å². The second kappa shape index (κ2) is 7.44. The van der Waals surface area contributed by atoms with Crippen molar-refractivity contribution < 1.29 is 14.3 Å². The van der Waals surface area contributed by atoms with Crippen LogP contribution >= 0.6 is 0 Å². The Labute approximate surface area is 157 Å². The SMILES string of the molecule is CCOC(=O)c1[nH]ncc1CN1CCc2[nH]c3ccc(OCC)cc3c2C1. The van der Waals surface area contributed by atoms with Crippen LogP contribution in [0.4, 0.5) is 0 Å². The Morgan fingerprint density at radius 3 is 3.00 bits per heavy atom. The summed E-state index contributed by atoms with van der Waals surface area (Å²) in [6.45, 7) is 7.19. The van der Waals surface area contributed by atoms with E-state index in [0.29, 0.717) is 25.5 Å². The molecule has 0 spiro atoms. The van der Waals surface area contributed by atoms with Crippen LogP contribution in [-0.2, 0) is 24.2 Å². The van der Waals surface area contributed by atoms with Crippen molar-refractivity contribution in [2.45, 2.75) is 33.4 Å². The number of rotatable bonds is 6. The molecule has 0 radical (unpaired) electrons. The predicted molar refractivity (Wildman–Crippen MR) is 102 cm³/mol. The molecular formula is C20H24N4O3. The first-order valence-corrected chi connectivity index (χ1v) is 9.37. The van der Waals surface area contributed by atoms with Crippen molar-refractivity contribution >= 4 is 16.9 Å². The molecule has 0 aliphatic carbocycles. The summed E-state index contributed by atoms with van der Waals surface area (Å²) in [6, 6.07) is 6.19. The quantitative estimate of drug-likeness (QED) is 0.654. The van der Waals surface area contributed by atoms with E-state index in [1.54, 1.807) is 13.1 Å². The molecule has 27 heavy (non-hydrogen) atoms. The lowest BCUT2D eigenvalue weighted by Crippen LogP contribution is -2.30. The molecule has 2 N–H and O–H groups in total. The van der Waals surface area contributed by atoms with Crippen LogP contribution in [-0.4, -0.2) is 45.8 Å². The Morgan fingerprint density at radius 2 is 2.19 bits per heavy atom. The lowest BCUT2D eigenvalue weighted by Gasteiger charge is -2.26. The van der Waals surface area contributed by atoms with E-state index in [4.69, 9.17) is 9.47 Å². The fourth-order valence-electron chi connectivity index (χ4n) is 3.69. The van der Waals surface area contributed by atoms with Crippen molar-refractivity contribution in [3.63, 3.8) is 0 Å². The summed E-state index contributed by atoms with van der Waals surface area (Å²) < 4.78 is 10.8. The number of aromatic nitrogens is 3. The third-order valence-electron chi connectivity index (χ3n) is 4.93. The first-order chi connectivity index (χ1) is 13.2. The molecule has 0 fully saturated rings. The van der Waals surface area contributed by atoms with Crippen molar-refractivity contribution in [2.24, 2.45) is 0 Å². The number of aromatic amines is 2. The lowest BCUT2D eigenvalue weighted by molar-refractivity contribution is 0.0516. The largest absolute Gasteiger partial charge is 0.494 e. The minimum atomic E-state index is -0.351. The van der Waals surface area contributed by atoms with Gasteiger partial charge in [-0.1, -0.05) is 0 Å². The lowest BCUT2D eigenvalue weighted by atomic mass is 10.0. The van der Waals surface area contributed by atoms with Crippen LogP contribution in [0.1, 0.15) is 41.2 Å². The number of carbonyl (C=O) groups excluding carboxylic acids is 1. The molecule has 2 aromatic heterocycles. The van der Waals surface area contributed by atoms with Crippen LogP contribution in [0.15, 0.2) is 24.4 Å². The summed E-state index contributed by atoms with van der Waals surface area (Å²) in [5.41, 5.74) is 5.04. The molecule has 0 unspecified atom stereocenters. The Balaban J connectivity index is 1.56. The molecule has 0 saturated heterocycles. The number of hydrogen-bond acceptors (Lipinski definition) is 5. The van der Waals surface area contributed by atoms with E-state index in [9.17, 15) is 4.79 Å². The maximum absolute atomic E-state index is 12.1. The van der Waals surface area contributed by atoms with E-state index >= 15 is 0 Å². The fourth-order valence-corrected chi connectivity index (χ4v) is 3.69. The van der Waals surface area contributed by atoms with E-state index < -0.39 is 0 Å². The van der Waals surface area contributed by atoms with Gasteiger partial charge < -0.3 is 14.5 Å². The highest BCUT2D eigenvalue weighted by Gasteiger charge is 2.23. The molecule has 142 valence electrons. The third-order valence-corrected chi connectivity index (χ3v) is 4.93. The minimum Gasteiger partial charge on any atom is -0.494 e. The topological polar surface area (TPSA) is 83.2 Å². The second-order valence-electron chi connectivity index (χ2n) is 6.67. The minimum absolute atomic E-state index is 0.349. The molecule has 0 amide bonds. The maximum Gasteiger partial charge on any atom is 0.356 e. The molecule has 3 aromatic rings. The predicted octanol–water partition coefficient (Wildman–Crippen LogP) is 3.02. The van der Waals surface area contributed by atoms with Crippen molar-refractivity contribution in [2.75, 3.05) is 19.8 Å². The first-order valence-electron chi connectivity index (χ1n) is 9.37. The van der Waals surface area contributed by atoms with Gasteiger partial charge in [0.05, 0.1) is 19.4 Å². The van der Waals surface area contributed by atoms with Gasteiger partial charge in [-0.25, -0.2) is 4.79 Å². The Kier molecular flexibility index (Phi) is 4.85. The molecule has 7 nitrogen and oxygen atoms in total. The van der Waals surface area contributed by atoms with Gasteiger partial charge in [0, 0.05) is 48.2 Å². The average Bonchev–Trinajstić information content (AvgIpc) is 3.26. The average molecular weight is 368 g/mol. The summed E-state index contributed by atoms with van der Waals surface area (Å²) in [7, 11) is 0. The van der Waals surface area contributed by atoms with Crippen LogP contribution in [0.25, 0.3) is 10.9 Å². The Morgan fingerprint density at radius 1 is 1.30 bits per heavy atom. The van der Waals surface area contributed by atoms with E-state index in [0.717, 1.165) is 36.3 Å². The summed E-state index contributed by atoms with van der Waals surface area (Å²) in [6.07, 6.45) is 2.66. The first kappa shape index (κ1) is 17.6. The number of carbonyl (C=O) groups is 1. The Bertz CT molecular complexity index is 959. The normalized spacial score (nSPS) is 14.3. The summed E-state index contributed by atoms with van der Waals surface area (Å²) in [5, 5.41) is 8.01. The van der Waals surface area contributed by atoms with Crippen molar-refractivity contribution in [1.82, 2.24) is 20.1 Å². The molecule has 1 aliphatic rings. The van der Waals surface area contributed by atoms with E-state index in [1.807, 2.05) is 13.0 Å². The van der Waals surface area contributed by atoms with Crippen LogP contribution in [0.3, 0.4) is 0 Å². The van der Waals surface area contributed by atoms with Crippen LogP contribution in [0.2, 0.25) is 0 Å². The number of esters is 1. The molecular weight excluding hydrogens is 344 g/mol. The van der Waals surface area contributed by atoms with Gasteiger partial charge >= 0.3 is 5.97 Å². The molecule has 0 saturated carbocycles. The monoisotopic (exact) mass is 368 g/mol. The number of hydrogen-bond donors (Lipinski definition) is 2. The molecule has 1 aromatic carbocycles. The van der Waals surface area contributed by atoms with E-state index in [-0.39, 0.29) is 5.97 Å². The molecule has 3 heterocycles. The fraction of sp³-hybridized carbons (Fsp3) is 0.400. The highest BCUT2D eigenvalue weighted by molar-refractivity contribution is 5.89. The van der Waals surface area contributed by atoms with Gasteiger partial charge in [-0.05, 0) is 37.6 Å². The second-order valence-corrected chi connectivity index (χ2v) is 6.67. The summed E-state index contributed by atoms with van der Waals surface area (Å²) in [5.74, 6) is 0.541. The van der Waals surface area contributed by atoms with Gasteiger partial charge in [0.1, 0.15) is 11.4 Å². The standard InChI is InChI=1S/C20H24N4O3/c1-3-26-14-5-6-17-15(9-14)16-12-24(8-7-18(16)22-17)11-13-10-21-23-19(13)20(25)27-4-2/h5-6,9-10,22H,3-4,7-8,11-12H2,1-2H3,(H,21,23). The number of nitrogens with one attached hydrogen (secondary N) is 2. The summed E-state index contributed by atoms with van der Waals surface area (Å²) >= 11 is 0. The molecule has 0 atom stereocenters. The third kappa shape index (κ3) is 3.42. The van der Waals surface area contributed by atoms with E-state index in [2.05, 4.69) is 32.2 Å². The number of ether oxygens (including phenoxy) is 2. The van der Waals surface area contributed by atoms with E-state index in [1.165, 1.54) is 16.6 Å². The molecule has 0 bridgehead atoms. The van der Waals surface area contributed by atoms with Crippen molar-refractivity contribution in [3.05, 3.63) is 46.9 Å². The molecule has 7 heteroatoms. The van der Waals surface area contributed by atoms with Gasteiger partial charge in [0.15, 0.2) is 0 Å². The highest BCUT2D eigenvalue weighted by atomic mass is 16.5. The number of H-pyrrole nitrogens is 2. The van der Waals surface area contributed by atoms with Gasteiger partial charge in [0.2, 0.25) is 0 Å². The summed E-state index contributed by atoms with van der Waals surface area (Å²) in [4.78, 5) is 17.9. The molecule has 1 aliphatic heterocycles. The maximum atomic E-state index is 12.1. The number of fused-ring (bicyclic) bond motifs is 3. The zero-order chi connectivity index (χ0) is 18.8. The van der Waals surface area contributed by atoms with Crippen LogP contribution in [0.5, 0.6) is 5.75 Å². The van der Waals surface area contributed by atoms with Gasteiger partial charge in [-0.2, -0.15) is 5.10 Å². The molecule has 4 rings (SSSR count). The van der Waals surface area contributed by atoms with Crippen molar-refractivity contribution in [1.29, 1.82) is 0 Å².